The Balaban J connectivity index is 2.56. The second-order valence-corrected chi connectivity index (χ2v) is 3.48. The van der Waals surface area contributed by atoms with Crippen molar-refractivity contribution >= 4 is 0 Å². The van der Waals surface area contributed by atoms with Gasteiger partial charge >= 0.3 is 6.36 Å². The van der Waals surface area contributed by atoms with Crippen LogP contribution in [0.3, 0.4) is 0 Å². The number of aliphatic hydroxyl groups is 1. The quantitative estimate of drug-likeness (QED) is 0.721. The first-order chi connectivity index (χ1) is 6.90. The predicted octanol–water partition coefficient (Wildman–Crippen LogP) is 0.135. The number of nitrogens with zero attached hydrogens (tertiary/aromatic N) is 1. The molecular formula is C8H15F3N2O2. The van der Waals surface area contributed by atoms with Gasteiger partial charge in [-0.3, -0.25) is 9.64 Å². The van der Waals surface area contributed by atoms with Gasteiger partial charge in [-0.05, 0) is 6.92 Å². The molecule has 0 aromatic carbocycles. The van der Waals surface area contributed by atoms with E-state index in [1.807, 2.05) is 0 Å². The van der Waals surface area contributed by atoms with Crippen LogP contribution in [-0.2, 0) is 4.74 Å². The number of nitrogens with one attached hydrogen (secondary N) is 1. The van der Waals surface area contributed by atoms with E-state index < -0.39 is 18.7 Å². The zero-order chi connectivity index (χ0) is 11.5. The van der Waals surface area contributed by atoms with Crippen LogP contribution in [0.25, 0.3) is 0 Å². The zero-order valence-electron chi connectivity index (χ0n) is 8.42. The molecule has 1 rings (SSSR count). The molecule has 0 aliphatic carbocycles. The molecule has 2 unspecified atom stereocenters. The second kappa shape index (κ2) is 5.11. The van der Waals surface area contributed by atoms with Crippen molar-refractivity contribution in [3.63, 3.8) is 0 Å². The van der Waals surface area contributed by atoms with Crippen molar-refractivity contribution in [2.24, 2.45) is 0 Å². The Bertz CT molecular complexity index is 193. The van der Waals surface area contributed by atoms with Crippen LogP contribution in [0.2, 0.25) is 0 Å². The lowest BCUT2D eigenvalue weighted by Crippen LogP contribution is -2.54. The Hall–Kier alpha value is -0.370. The maximum atomic E-state index is 12.0. The van der Waals surface area contributed by atoms with Crippen molar-refractivity contribution in [2.45, 2.75) is 25.6 Å². The van der Waals surface area contributed by atoms with Gasteiger partial charge in [-0.1, -0.05) is 0 Å². The van der Waals surface area contributed by atoms with Crippen LogP contribution < -0.4 is 5.32 Å². The first kappa shape index (κ1) is 12.7. The summed E-state index contributed by atoms with van der Waals surface area (Å²) in [5.41, 5.74) is 0. The number of halogens is 3. The third-order valence-corrected chi connectivity index (χ3v) is 2.18. The molecule has 1 saturated heterocycles. The van der Waals surface area contributed by atoms with Crippen molar-refractivity contribution in [2.75, 3.05) is 26.2 Å². The topological polar surface area (TPSA) is 44.7 Å². The molecule has 0 saturated carbocycles. The normalized spacial score (nSPS) is 23.8. The third-order valence-electron chi connectivity index (χ3n) is 2.18. The highest BCUT2D eigenvalue weighted by atomic mass is 19.4. The largest absolute Gasteiger partial charge is 0.524 e. The minimum Gasteiger partial charge on any atom is -0.389 e. The smallest absolute Gasteiger partial charge is 0.389 e. The molecule has 1 fully saturated rings. The van der Waals surface area contributed by atoms with E-state index in [0.29, 0.717) is 26.2 Å². The fraction of sp³-hybridized carbons (Fsp3) is 1.00. The lowest BCUT2D eigenvalue weighted by Gasteiger charge is -2.36. The van der Waals surface area contributed by atoms with Gasteiger partial charge in [-0.25, -0.2) is 0 Å². The Morgan fingerprint density at radius 2 is 1.87 bits per heavy atom. The Morgan fingerprint density at radius 3 is 2.27 bits per heavy atom. The number of ether oxygens (including phenoxy) is 1. The summed E-state index contributed by atoms with van der Waals surface area (Å²) in [6.07, 6.45) is -7.20. The van der Waals surface area contributed by atoms with Gasteiger partial charge in [0.2, 0.25) is 0 Å². The Labute approximate surface area is 86.0 Å². The summed E-state index contributed by atoms with van der Waals surface area (Å²) in [7, 11) is 0. The van der Waals surface area contributed by atoms with Gasteiger partial charge in [0.15, 0.2) is 0 Å². The van der Waals surface area contributed by atoms with Crippen molar-refractivity contribution in [3.8, 4) is 0 Å². The Morgan fingerprint density at radius 1 is 1.33 bits per heavy atom. The van der Waals surface area contributed by atoms with Crippen molar-refractivity contribution in [1.29, 1.82) is 0 Å². The molecule has 1 aliphatic rings. The van der Waals surface area contributed by atoms with Crippen LogP contribution in [0, 0.1) is 0 Å². The first-order valence-corrected chi connectivity index (χ1v) is 4.77. The van der Waals surface area contributed by atoms with Crippen LogP contribution in [0.1, 0.15) is 6.92 Å². The van der Waals surface area contributed by atoms with Crippen LogP contribution in [0.4, 0.5) is 13.2 Å². The second-order valence-electron chi connectivity index (χ2n) is 3.48. The summed E-state index contributed by atoms with van der Waals surface area (Å²) < 4.78 is 40.0. The third kappa shape index (κ3) is 4.33. The maximum absolute atomic E-state index is 12.0. The lowest BCUT2D eigenvalue weighted by atomic mass is 10.2. The highest BCUT2D eigenvalue weighted by Gasteiger charge is 2.38. The average molecular weight is 228 g/mol. The van der Waals surface area contributed by atoms with E-state index in [1.165, 1.54) is 11.8 Å². The summed E-state index contributed by atoms with van der Waals surface area (Å²) in [6.45, 7) is 3.37. The summed E-state index contributed by atoms with van der Waals surface area (Å²) in [5, 5.41) is 12.3. The van der Waals surface area contributed by atoms with Crippen molar-refractivity contribution < 1.29 is 23.0 Å². The van der Waals surface area contributed by atoms with E-state index in [-0.39, 0.29) is 0 Å². The summed E-state index contributed by atoms with van der Waals surface area (Å²) in [6, 6.07) is 0. The minimum atomic E-state index is -4.72. The van der Waals surface area contributed by atoms with E-state index in [1.54, 1.807) is 0 Å². The molecule has 1 aliphatic heterocycles. The van der Waals surface area contributed by atoms with Crippen molar-refractivity contribution in [3.05, 3.63) is 0 Å². The van der Waals surface area contributed by atoms with E-state index >= 15 is 0 Å². The highest BCUT2D eigenvalue weighted by Crippen LogP contribution is 2.22. The molecule has 0 spiro atoms. The molecule has 0 aromatic heterocycles. The number of hydrogen-bond acceptors (Lipinski definition) is 4. The highest BCUT2D eigenvalue weighted by molar-refractivity contribution is 4.74. The van der Waals surface area contributed by atoms with Crippen LogP contribution >= 0.6 is 0 Å². The molecule has 2 N–H and O–H groups in total. The van der Waals surface area contributed by atoms with Gasteiger partial charge in [-0.15, -0.1) is 13.2 Å². The number of alkyl halides is 3. The SMILES string of the molecule is CC(O)C(OC(F)(F)F)N1CCNCC1. The van der Waals surface area contributed by atoms with Crippen LogP contribution in [0.5, 0.6) is 0 Å². The van der Waals surface area contributed by atoms with E-state index in [0.717, 1.165) is 0 Å². The number of rotatable bonds is 3. The maximum Gasteiger partial charge on any atom is 0.524 e. The molecule has 0 radical (unpaired) electrons. The van der Waals surface area contributed by atoms with E-state index in [9.17, 15) is 18.3 Å². The molecule has 0 amide bonds. The number of piperazine rings is 1. The monoisotopic (exact) mass is 228 g/mol. The van der Waals surface area contributed by atoms with Crippen LogP contribution in [0.15, 0.2) is 0 Å². The van der Waals surface area contributed by atoms with E-state index in [4.69, 9.17) is 0 Å². The molecule has 2 atom stereocenters. The van der Waals surface area contributed by atoms with Crippen LogP contribution in [-0.4, -0.2) is 54.9 Å². The number of aliphatic hydroxyl groups excluding tert-OH is 1. The molecule has 0 bridgehead atoms. The average Bonchev–Trinajstić information content (AvgIpc) is 2.14. The molecular weight excluding hydrogens is 213 g/mol. The summed E-state index contributed by atoms with van der Waals surface area (Å²) >= 11 is 0. The van der Waals surface area contributed by atoms with Gasteiger partial charge in [0.05, 0.1) is 6.10 Å². The van der Waals surface area contributed by atoms with Gasteiger partial charge in [-0.2, -0.15) is 0 Å². The Kier molecular flexibility index (Phi) is 4.32. The predicted molar refractivity (Wildman–Crippen MR) is 47.1 cm³/mol. The number of hydrogen-bond donors (Lipinski definition) is 2. The summed E-state index contributed by atoms with van der Waals surface area (Å²) in [5.74, 6) is 0. The zero-order valence-corrected chi connectivity index (χ0v) is 8.42. The molecule has 4 nitrogen and oxygen atoms in total. The van der Waals surface area contributed by atoms with Crippen molar-refractivity contribution in [1.82, 2.24) is 10.2 Å². The molecule has 7 heteroatoms. The molecule has 90 valence electrons. The van der Waals surface area contributed by atoms with E-state index in [2.05, 4.69) is 10.1 Å². The summed E-state index contributed by atoms with van der Waals surface area (Å²) in [4.78, 5) is 1.48. The van der Waals surface area contributed by atoms with Gasteiger partial charge < -0.3 is 10.4 Å². The van der Waals surface area contributed by atoms with Gasteiger partial charge in [0.1, 0.15) is 6.23 Å². The lowest BCUT2D eigenvalue weighted by molar-refractivity contribution is -0.370. The molecule has 15 heavy (non-hydrogen) atoms. The van der Waals surface area contributed by atoms with Gasteiger partial charge in [0, 0.05) is 26.2 Å². The minimum absolute atomic E-state index is 0.436. The molecule has 0 aromatic rings. The fourth-order valence-corrected chi connectivity index (χ4v) is 1.55. The fourth-order valence-electron chi connectivity index (χ4n) is 1.55. The van der Waals surface area contributed by atoms with Gasteiger partial charge in [0.25, 0.3) is 0 Å². The molecule has 1 heterocycles. The standard InChI is InChI=1S/C8H15F3N2O2/c1-6(14)7(15-8(9,10)11)13-4-2-12-3-5-13/h6-7,12,14H,2-5H2,1H3. The first-order valence-electron chi connectivity index (χ1n) is 4.77.